The Bertz CT molecular complexity index is 206. The minimum absolute atomic E-state index is 0.234. The van der Waals surface area contributed by atoms with Crippen LogP contribution in [0.5, 0.6) is 0 Å². The summed E-state index contributed by atoms with van der Waals surface area (Å²) in [6.07, 6.45) is 2.41. The van der Waals surface area contributed by atoms with Crippen molar-refractivity contribution in [3.8, 4) is 0 Å². The highest BCUT2D eigenvalue weighted by molar-refractivity contribution is 5.67. The summed E-state index contributed by atoms with van der Waals surface area (Å²) in [5.41, 5.74) is 0. The average Bonchev–Trinajstić information content (AvgIpc) is 2.34. The van der Waals surface area contributed by atoms with Crippen LogP contribution < -0.4 is 0 Å². The zero-order chi connectivity index (χ0) is 10.7. The van der Waals surface area contributed by atoms with E-state index in [0.717, 1.165) is 19.4 Å². The van der Waals surface area contributed by atoms with Crippen molar-refractivity contribution in [2.75, 3.05) is 27.7 Å². The van der Waals surface area contributed by atoms with Gasteiger partial charge in [-0.3, -0.25) is 9.69 Å². The predicted octanol–water partition coefficient (Wildman–Crippen LogP) is 0.486. The Hall–Kier alpha value is -0.610. The number of carboxylic acid groups (broad SMARTS) is 1. The van der Waals surface area contributed by atoms with Gasteiger partial charge in [0.1, 0.15) is 0 Å². The average molecular weight is 200 g/mol. The highest BCUT2D eigenvalue weighted by atomic mass is 16.4. The molecule has 0 aromatic carbocycles. The molecule has 1 heterocycles. The summed E-state index contributed by atoms with van der Waals surface area (Å²) in [7, 11) is 6.14. The molecule has 82 valence electrons. The van der Waals surface area contributed by atoms with Crippen molar-refractivity contribution in [1.82, 2.24) is 9.80 Å². The Morgan fingerprint density at radius 1 is 1.43 bits per heavy atom. The number of carbonyl (C=O) groups is 1. The van der Waals surface area contributed by atoms with Gasteiger partial charge in [0.2, 0.25) is 0 Å². The van der Waals surface area contributed by atoms with Crippen molar-refractivity contribution in [1.29, 1.82) is 0 Å². The van der Waals surface area contributed by atoms with Gasteiger partial charge in [0.05, 0.1) is 6.42 Å². The molecule has 0 aromatic heterocycles. The Morgan fingerprint density at radius 3 is 2.50 bits per heavy atom. The SMILES string of the molecule is CN(C)CC1CCC(CC(=O)O)N1C. The molecule has 0 aromatic rings. The van der Waals surface area contributed by atoms with Gasteiger partial charge in [0, 0.05) is 18.6 Å². The highest BCUT2D eigenvalue weighted by Gasteiger charge is 2.31. The topological polar surface area (TPSA) is 43.8 Å². The van der Waals surface area contributed by atoms with Crippen LogP contribution in [0.25, 0.3) is 0 Å². The molecule has 4 nitrogen and oxygen atoms in total. The number of likely N-dealkylation sites (N-methyl/N-ethyl adjacent to an activating group) is 2. The largest absolute Gasteiger partial charge is 0.481 e. The van der Waals surface area contributed by atoms with E-state index < -0.39 is 5.97 Å². The number of nitrogens with zero attached hydrogens (tertiary/aromatic N) is 2. The van der Waals surface area contributed by atoms with Crippen molar-refractivity contribution in [3.63, 3.8) is 0 Å². The first-order valence-electron chi connectivity index (χ1n) is 5.09. The lowest BCUT2D eigenvalue weighted by molar-refractivity contribution is -0.138. The molecule has 1 aliphatic rings. The maximum absolute atomic E-state index is 10.6. The van der Waals surface area contributed by atoms with Crippen molar-refractivity contribution >= 4 is 5.97 Å². The lowest BCUT2D eigenvalue weighted by Gasteiger charge is -2.26. The summed E-state index contributed by atoms with van der Waals surface area (Å²) >= 11 is 0. The lowest BCUT2D eigenvalue weighted by atomic mass is 10.1. The maximum atomic E-state index is 10.6. The second-order valence-corrected chi connectivity index (χ2v) is 4.41. The second-order valence-electron chi connectivity index (χ2n) is 4.41. The van der Waals surface area contributed by atoms with Crippen LogP contribution in [0.1, 0.15) is 19.3 Å². The van der Waals surface area contributed by atoms with Crippen LogP contribution >= 0.6 is 0 Å². The smallest absolute Gasteiger partial charge is 0.304 e. The van der Waals surface area contributed by atoms with Crippen LogP contribution in [0.4, 0.5) is 0 Å². The van der Waals surface area contributed by atoms with E-state index in [0.29, 0.717) is 6.04 Å². The molecular formula is C10H20N2O2. The zero-order valence-corrected chi connectivity index (χ0v) is 9.23. The molecule has 1 saturated heterocycles. The van der Waals surface area contributed by atoms with E-state index in [2.05, 4.69) is 23.9 Å². The molecule has 4 heteroatoms. The molecule has 0 saturated carbocycles. The minimum Gasteiger partial charge on any atom is -0.481 e. The third-order valence-electron chi connectivity index (χ3n) is 2.97. The van der Waals surface area contributed by atoms with Crippen LogP contribution in [0.15, 0.2) is 0 Å². The zero-order valence-electron chi connectivity index (χ0n) is 9.23. The van der Waals surface area contributed by atoms with E-state index in [9.17, 15) is 4.79 Å². The standard InChI is InChI=1S/C10H20N2O2/c1-11(2)7-9-5-4-8(12(9)3)6-10(13)14/h8-9H,4-7H2,1-3H3,(H,13,14). The number of hydrogen-bond donors (Lipinski definition) is 1. The molecule has 0 amide bonds. The quantitative estimate of drug-likeness (QED) is 0.717. The van der Waals surface area contributed by atoms with E-state index in [4.69, 9.17) is 5.11 Å². The molecule has 1 aliphatic heterocycles. The van der Waals surface area contributed by atoms with Gasteiger partial charge in [0.25, 0.3) is 0 Å². The summed E-state index contributed by atoms with van der Waals surface area (Å²) in [5.74, 6) is -0.688. The number of rotatable bonds is 4. The fourth-order valence-electron chi connectivity index (χ4n) is 2.18. The fourth-order valence-corrected chi connectivity index (χ4v) is 2.18. The predicted molar refractivity (Wildman–Crippen MR) is 55.4 cm³/mol. The first kappa shape index (κ1) is 11.5. The summed E-state index contributed by atoms with van der Waals surface area (Å²) in [4.78, 5) is 15.0. The van der Waals surface area contributed by atoms with Crippen LogP contribution in [-0.4, -0.2) is 60.6 Å². The molecule has 0 aliphatic carbocycles. The Balaban J connectivity index is 2.42. The van der Waals surface area contributed by atoms with Gasteiger partial charge in [-0.25, -0.2) is 0 Å². The van der Waals surface area contributed by atoms with Gasteiger partial charge >= 0.3 is 5.97 Å². The summed E-state index contributed by atoms with van der Waals surface area (Å²) < 4.78 is 0. The molecule has 1 fully saturated rings. The van der Waals surface area contributed by atoms with Gasteiger partial charge in [0.15, 0.2) is 0 Å². The number of aliphatic carboxylic acids is 1. The fraction of sp³-hybridized carbons (Fsp3) is 0.900. The third-order valence-corrected chi connectivity index (χ3v) is 2.97. The molecular weight excluding hydrogens is 180 g/mol. The Morgan fingerprint density at radius 2 is 2.00 bits per heavy atom. The second kappa shape index (κ2) is 4.75. The van der Waals surface area contributed by atoms with Gasteiger partial charge in [-0.1, -0.05) is 0 Å². The van der Waals surface area contributed by atoms with E-state index in [1.807, 2.05) is 7.05 Å². The van der Waals surface area contributed by atoms with E-state index in [1.54, 1.807) is 0 Å². The van der Waals surface area contributed by atoms with Crippen molar-refractivity contribution in [3.05, 3.63) is 0 Å². The first-order valence-corrected chi connectivity index (χ1v) is 5.09. The van der Waals surface area contributed by atoms with Crippen LogP contribution in [-0.2, 0) is 4.79 Å². The normalized spacial score (nSPS) is 28.6. The van der Waals surface area contributed by atoms with Gasteiger partial charge < -0.3 is 10.0 Å². The lowest BCUT2D eigenvalue weighted by Crippen LogP contribution is -2.39. The van der Waals surface area contributed by atoms with Gasteiger partial charge in [-0.2, -0.15) is 0 Å². The first-order chi connectivity index (χ1) is 6.50. The van der Waals surface area contributed by atoms with Crippen LogP contribution in [0.2, 0.25) is 0 Å². The summed E-state index contributed by atoms with van der Waals surface area (Å²) in [6, 6.07) is 0.756. The number of likely N-dealkylation sites (tertiary alicyclic amines) is 1. The van der Waals surface area contributed by atoms with Crippen LogP contribution in [0.3, 0.4) is 0 Å². The molecule has 0 bridgehead atoms. The van der Waals surface area contributed by atoms with E-state index >= 15 is 0 Å². The Kier molecular flexibility index (Phi) is 3.89. The Labute approximate surface area is 85.5 Å². The molecule has 1 rings (SSSR count). The van der Waals surface area contributed by atoms with E-state index in [1.165, 1.54) is 0 Å². The molecule has 14 heavy (non-hydrogen) atoms. The molecule has 1 N–H and O–H groups in total. The molecule has 2 unspecified atom stereocenters. The van der Waals surface area contributed by atoms with Crippen molar-refractivity contribution in [2.45, 2.75) is 31.3 Å². The van der Waals surface area contributed by atoms with Crippen molar-refractivity contribution < 1.29 is 9.90 Å². The number of carboxylic acids is 1. The summed E-state index contributed by atoms with van der Waals surface area (Å²) in [6.45, 7) is 1.02. The van der Waals surface area contributed by atoms with Crippen molar-refractivity contribution in [2.24, 2.45) is 0 Å². The molecule has 0 radical (unpaired) electrons. The summed E-state index contributed by atoms with van der Waals surface area (Å²) in [5, 5.41) is 8.72. The third kappa shape index (κ3) is 2.96. The van der Waals surface area contributed by atoms with Crippen LogP contribution in [0, 0.1) is 0 Å². The maximum Gasteiger partial charge on any atom is 0.304 e. The number of hydrogen-bond acceptors (Lipinski definition) is 3. The molecule has 0 spiro atoms. The highest BCUT2D eigenvalue weighted by Crippen LogP contribution is 2.24. The van der Waals surface area contributed by atoms with Gasteiger partial charge in [-0.05, 0) is 34.0 Å². The molecule has 2 atom stereocenters. The monoisotopic (exact) mass is 200 g/mol. The minimum atomic E-state index is -0.688. The van der Waals surface area contributed by atoms with Gasteiger partial charge in [-0.15, -0.1) is 0 Å². The van der Waals surface area contributed by atoms with E-state index in [-0.39, 0.29) is 12.5 Å².